The number of rotatable bonds is 2. The average molecular weight is 309 g/mol. The molecule has 1 aromatic heterocycles. The zero-order valence-corrected chi connectivity index (χ0v) is 13.5. The molecule has 0 unspecified atom stereocenters. The lowest BCUT2D eigenvalue weighted by Crippen LogP contribution is -2.44. The normalized spacial score (nSPS) is 16.5. The van der Waals surface area contributed by atoms with Gasteiger partial charge in [-0.3, -0.25) is 0 Å². The van der Waals surface area contributed by atoms with Crippen molar-refractivity contribution in [3.05, 3.63) is 28.3 Å². The Kier molecular flexibility index (Phi) is 4.78. The first-order valence-corrected chi connectivity index (χ1v) is 7.49. The van der Waals surface area contributed by atoms with E-state index in [1.807, 2.05) is 20.8 Å². The quantitative estimate of drug-likeness (QED) is 0.840. The summed E-state index contributed by atoms with van der Waals surface area (Å²) in [6, 6.07) is 3.04. The van der Waals surface area contributed by atoms with Crippen LogP contribution in [-0.4, -0.2) is 35.8 Å². The molecule has 22 heavy (non-hydrogen) atoms. The second-order valence-electron chi connectivity index (χ2n) is 6.51. The van der Waals surface area contributed by atoms with Crippen LogP contribution >= 0.6 is 0 Å². The zero-order chi connectivity index (χ0) is 16.3. The lowest BCUT2D eigenvalue weighted by atomic mass is 10.1. The highest BCUT2D eigenvalue weighted by molar-refractivity contribution is 5.68. The third-order valence-corrected chi connectivity index (χ3v) is 3.26. The third kappa shape index (κ3) is 4.79. The van der Waals surface area contributed by atoms with Crippen LogP contribution in [-0.2, 0) is 4.74 Å². The van der Waals surface area contributed by atoms with Crippen LogP contribution in [0.25, 0.3) is 0 Å². The van der Waals surface area contributed by atoms with Crippen LogP contribution in [0.1, 0.15) is 39.4 Å². The first kappa shape index (κ1) is 16.4. The topological polar surface area (TPSA) is 69.0 Å². The minimum absolute atomic E-state index is 0.0140. The van der Waals surface area contributed by atoms with E-state index >= 15 is 0 Å². The lowest BCUT2D eigenvalue weighted by molar-refractivity contribution is 0.0126. The van der Waals surface area contributed by atoms with E-state index in [0.717, 1.165) is 0 Å². The van der Waals surface area contributed by atoms with Crippen molar-refractivity contribution in [2.75, 3.05) is 13.1 Å². The Labute approximate surface area is 130 Å². The van der Waals surface area contributed by atoms with Gasteiger partial charge in [0.15, 0.2) is 0 Å². The molecule has 0 atom stereocenters. The number of carbonyl (C=O) groups excluding carboxylic acids is 1. The summed E-state index contributed by atoms with van der Waals surface area (Å²) >= 11 is 0. The number of aryl methyl sites for hydroxylation is 1. The molecule has 0 aliphatic carbocycles. The molecule has 1 fully saturated rings. The first-order chi connectivity index (χ1) is 10.2. The number of hydrogen-bond donors (Lipinski definition) is 0. The van der Waals surface area contributed by atoms with Crippen LogP contribution in [0.2, 0.25) is 0 Å². The predicted octanol–water partition coefficient (Wildman–Crippen LogP) is 2.73. The molecule has 0 radical (unpaired) electrons. The number of nitrogens with zero attached hydrogens (tertiary/aromatic N) is 1. The molecule has 6 heteroatoms. The average Bonchev–Trinajstić information content (AvgIpc) is 2.36. The maximum atomic E-state index is 12.0. The smallest absolute Gasteiger partial charge is 0.410 e. The van der Waals surface area contributed by atoms with Gasteiger partial charge in [0, 0.05) is 32.0 Å². The fraction of sp³-hybridized carbons (Fsp3) is 0.625. The van der Waals surface area contributed by atoms with Gasteiger partial charge in [-0.25, -0.2) is 9.59 Å². The van der Waals surface area contributed by atoms with Gasteiger partial charge in [0.1, 0.15) is 23.2 Å². The minimum atomic E-state index is -0.486. The van der Waals surface area contributed by atoms with Gasteiger partial charge in [-0.1, -0.05) is 0 Å². The summed E-state index contributed by atoms with van der Waals surface area (Å²) in [7, 11) is 0. The number of ether oxygens (including phenoxy) is 2. The van der Waals surface area contributed by atoms with E-state index in [2.05, 4.69) is 0 Å². The highest BCUT2D eigenvalue weighted by atomic mass is 16.6. The molecule has 0 saturated carbocycles. The molecule has 2 rings (SSSR count). The minimum Gasteiger partial charge on any atom is -0.490 e. The number of amides is 1. The van der Waals surface area contributed by atoms with Crippen molar-refractivity contribution in [2.24, 2.45) is 0 Å². The van der Waals surface area contributed by atoms with Gasteiger partial charge in [-0.05, 0) is 27.7 Å². The number of carbonyl (C=O) groups is 1. The van der Waals surface area contributed by atoms with E-state index < -0.39 is 11.2 Å². The number of hydrogen-bond acceptors (Lipinski definition) is 5. The molecule has 1 amide bonds. The number of piperidine rings is 1. The van der Waals surface area contributed by atoms with E-state index in [0.29, 0.717) is 37.4 Å². The molecule has 122 valence electrons. The van der Waals surface area contributed by atoms with Crippen LogP contribution in [0.15, 0.2) is 21.3 Å². The summed E-state index contributed by atoms with van der Waals surface area (Å²) in [6.45, 7) is 8.43. The fourth-order valence-corrected chi connectivity index (χ4v) is 2.32. The largest absolute Gasteiger partial charge is 0.490 e. The Morgan fingerprint density at radius 2 is 1.91 bits per heavy atom. The van der Waals surface area contributed by atoms with Crippen molar-refractivity contribution < 1.29 is 18.7 Å². The molecule has 1 saturated heterocycles. The summed E-state index contributed by atoms with van der Waals surface area (Å²) in [5.41, 5.74) is -0.902. The Morgan fingerprint density at radius 3 is 2.45 bits per heavy atom. The summed E-state index contributed by atoms with van der Waals surface area (Å²) in [6.07, 6.45) is 1.11. The Hall–Kier alpha value is -1.98. The summed E-state index contributed by atoms with van der Waals surface area (Å²) < 4.78 is 16.1. The van der Waals surface area contributed by atoms with Crippen molar-refractivity contribution >= 4 is 6.09 Å². The van der Waals surface area contributed by atoms with Crippen molar-refractivity contribution in [2.45, 2.75) is 52.2 Å². The van der Waals surface area contributed by atoms with E-state index in [-0.39, 0.29) is 12.2 Å². The van der Waals surface area contributed by atoms with Gasteiger partial charge in [0.25, 0.3) is 0 Å². The standard InChI is InChI=1S/C16H23NO5/c1-11-9-13(10-14(18)20-11)21-12-5-7-17(8-6-12)15(19)22-16(2,3)4/h9-10,12H,5-8H2,1-4H3. The van der Waals surface area contributed by atoms with Gasteiger partial charge in [0.05, 0.1) is 6.07 Å². The molecule has 0 spiro atoms. The SMILES string of the molecule is Cc1cc(OC2CCN(C(=O)OC(C)(C)C)CC2)cc(=O)o1. The molecule has 0 aromatic carbocycles. The second kappa shape index (κ2) is 6.42. The summed E-state index contributed by atoms with van der Waals surface area (Å²) in [5.74, 6) is 1.04. The molecule has 0 bridgehead atoms. The highest BCUT2D eigenvalue weighted by Crippen LogP contribution is 2.20. The van der Waals surface area contributed by atoms with Crippen LogP contribution in [0.5, 0.6) is 5.75 Å². The Balaban J connectivity index is 1.87. The molecular weight excluding hydrogens is 286 g/mol. The Bertz CT molecular complexity index is 579. The molecule has 6 nitrogen and oxygen atoms in total. The van der Waals surface area contributed by atoms with E-state index in [4.69, 9.17) is 13.9 Å². The van der Waals surface area contributed by atoms with Crippen molar-refractivity contribution in [1.29, 1.82) is 0 Å². The van der Waals surface area contributed by atoms with E-state index in [1.165, 1.54) is 6.07 Å². The van der Waals surface area contributed by atoms with E-state index in [9.17, 15) is 9.59 Å². The van der Waals surface area contributed by atoms with Crippen LogP contribution in [0, 0.1) is 6.92 Å². The van der Waals surface area contributed by atoms with Crippen LogP contribution < -0.4 is 10.4 Å². The van der Waals surface area contributed by atoms with E-state index in [1.54, 1.807) is 17.9 Å². The van der Waals surface area contributed by atoms with Crippen molar-refractivity contribution in [3.8, 4) is 5.75 Å². The lowest BCUT2D eigenvalue weighted by Gasteiger charge is -2.33. The van der Waals surface area contributed by atoms with Gasteiger partial charge in [-0.15, -0.1) is 0 Å². The van der Waals surface area contributed by atoms with Crippen molar-refractivity contribution in [1.82, 2.24) is 4.90 Å². The maximum Gasteiger partial charge on any atom is 0.410 e. The maximum absolute atomic E-state index is 12.0. The third-order valence-electron chi connectivity index (χ3n) is 3.26. The summed E-state index contributed by atoms with van der Waals surface area (Å²) in [5, 5.41) is 0. The number of likely N-dealkylation sites (tertiary alicyclic amines) is 1. The molecule has 1 aliphatic heterocycles. The predicted molar refractivity (Wildman–Crippen MR) is 81.2 cm³/mol. The fourth-order valence-electron chi connectivity index (χ4n) is 2.32. The highest BCUT2D eigenvalue weighted by Gasteiger charge is 2.27. The molecule has 0 N–H and O–H groups in total. The zero-order valence-electron chi connectivity index (χ0n) is 13.5. The molecular formula is C16H23NO5. The van der Waals surface area contributed by atoms with Crippen LogP contribution in [0.3, 0.4) is 0 Å². The van der Waals surface area contributed by atoms with Gasteiger partial charge in [-0.2, -0.15) is 0 Å². The van der Waals surface area contributed by atoms with Crippen molar-refractivity contribution in [3.63, 3.8) is 0 Å². The van der Waals surface area contributed by atoms with Gasteiger partial charge >= 0.3 is 11.7 Å². The molecule has 1 aromatic rings. The van der Waals surface area contributed by atoms with Gasteiger partial charge in [0.2, 0.25) is 0 Å². The first-order valence-electron chi connectivity index (χ1n) is 7.49. The van der Waals surface area contributed by atoms with Crippen LogP contribution in [0.4, 0.5) is 4.79 Å². The monoisotopic (exact) mass is 309 g/mol. The van der Waals surface area contributed by atoms with Gasteiger partial charge < -0.3 is 18.8 Å². The molecule has 2 heterocycles. The summed E-state index contributed by atoms with van der Waals surface area (Å²) in [4.78, 5) is 25.0. The second-order valence-corrected chi connectivity index (χ2v) is 6.51. The molecule has 1 aliphatic rings. The Morgan fingerprint density at radius 1 is 1.27 bits per heavy atom.